The fraction of sp³-hybridized carbons (Fsp3) is 0.750. The minimum atomic E-state index is -4.75. The van der Waals surface area contributed by atoms with E-state index in [1.165, 1.54) is 0 Å². The molecule has 0 aliphatic heterocycles. The van der Waals surface area contributed by atoms with Crippen LogP contribution in [0.1, 0.15) is 27.7 Å². The van der Waals surface area contributed by atoms with Gasteiger partial charge in [-0.3, -0.25) is 0 Å². The van der Waals surface area contributed by atoms with E-state index in [2.05, 4.69) is 8.37 Å². The number of carbonyl (C=O) groups is 2. The standard InChI is InChI=1S/C8H14O8S/c1-7(2,5(9)10)15-17(13,14)16-8(3,4)6(11)12/h1-4H3,(H,9,10)(H,11,12). The highest BCUT2D eigenvalue weighted by molar-refractivity contribution is 7.82. The van der Waals surface area contributed by atoms with Gasteiger partial charge in [-0.05, 0) is 27.7 Å². The van der Waals surface area contributed by atoms with E-state index in [0.717, 1.165) is 27.7 Å². The largest absolute Gasteiger partial charge is 0.479 e. The zero-order chi connectivity index (χ0) is 14.1. The van der Waals surface area contributed by atoms with Gasteiger partial charge >= 0.3 is 22.3 Å². The first-order valence-corrected chi connectivity index (χ1v) is 5.76. The van der Waals surface area contributed by atoms with Crippen LogP contribution in [0.5, 0.6) is 0 Å². The van der Waals surface area contributed by atoms with Gasteiger partial charge < -0.3 is 10.2 Å². The van der Waals surface area contributed by atoms with Gasteiger partial charge in [0.05, 0.1) is 0 Å². The third-order valence-corrected chi connectivity index (χ3v) is 2.89. The average molecular weight is 270 g/mol. The first-order valence-electron chi connectivity index (χ1n) is 4.43. The zero-order valence-corrected chi connectivity index (χ0v) is 10.6. The lowest BCUT2D eigenvalue weighted by Gasteiger charge is -2.23. The summed E-state index contributed by atoms with van der Waals surface area (Å²) >= 11 is 0. The summed E-state index contributed by atoms with van der Waals surface area (Å²) in [6, 6.07) is 0. The van der Waals surface area contributed by atoms with Gasteiger partial charge in [-0.1, -0.05) is 0 Å². The van der Waals surface area contributed by atoms with E-state index < -0.39 is 33.5 Å². The van der Waals surface area contributed by atoms with Crippen LogP contribution in [0.3, 0.4) is 0 Å². The lowest BCUT2D eigenvalue weighted by atomic mass is 10.1. The Labute approximate surface area is 98.5 Å². The van der Waals surface area contributed by atoms with Gasteiger partial charge in [0.15, 0.2) is 11.2 Å². The monoisotopic (exact) mass is 270 g/mol. The van der Waals surface area contributed by atoms with Crippen molar-refractivity contribution in [1.82, 2.24) is 0 Å². The molecule has 9 heteroatoms. The van der Waals surface area contributed by atoms with Crippen molar-refractivity contribution in [3.05, 3.63) is 0 Å². The normalized spacial score (nSPS) is 13.4. The molecule has 0 aromatic heterocycles. The predicted octanol–water partition coefficient (Wildman–Crippen LogP) is -0.00920. The summed E-state index contributed by atoms with van der Waals surface area (Å²) < 4.78 is 31.1. The molecule has 2 N–H and O–H groups in total. The number of carboxylic acid groups (broad SMARTS) is 2. The predicted molar refractivity (Wildman–Crippen MR) is 54.5 cm³/mol. The molecule has 0 rings (SSSR count). The van der Waals surface area contributed by atoms with Crippen LogP contribution in [0.25, 0.3) is 0 Å². The van der Waals surface area contributed by atoms with Crippen molar-refractivity contribution in [1.29, 1.82) is 0 Å². The molecule has 0 aromatic rings. The lowest BCUT2D eigenvalue weighted by Crippen LogP contribution is -2.42. The fourth-order valence-corrected chi connectivity index (χ4v) is 1.80. The van der Waals surface area contributed by atoms with Crippen LogP contribution >= 0.6 is 0 Å². The van der Waals surface area contributed by atoms with Crippen molar-refractivity contribution in [2.75, 3.05) is 0 Å². The van der Waals surface area contributed by atoms with Gasteiger partial charge in [0.1, 0.15) is 0 Å². The van der Waals surface area contributed by atoms with Crippen LogP contribution < -0.4 is 0 Å². The molecular formula is C8H14O8S. The van der Waals surface area contributed by atoms with E-state index in [4.69, 9.17) is 10.2 Å². The molecule has 100 valence electrons. The molecule has 0 spiro atoms. The number of rotatable bonds is 6. The molecule has 0 unspecified atom stereocenters. The molecule has 0 bridgehead atoms. The second kappa shape index (κ2) is 4.59. The van der Waals surface area contributed by atoms with Crippen molar-refractivity contribution in [3.63, 3.8) is 0 Å². The third-order valence-electron chi connectivity index (χ3n) is 1.65. The Morgan fingerprint density at radius 3 is 1.29 bits per heavy atom. The molecule has 0 aliphatic rings. The van der Waals surface area contributed by atoms with Crippen molar-refractivity contribution in [3.8, 4) is 0 Å². The summed E-state index contributed by atoms with van der Waals surface area (Å²) in [6.45, 7) is 3.96. The van der Waals surface area contributed by atoms with Gasteiger partial charge in [0.25, 0.3) is 0 Å². The minimum Gasteiger partial charge on any atom is -0.479 e. The Bertz CT molecular complexity index is 385. The second-order valence-electron chi connectivity index (χ2n) is 4.21. The average Bonchev–Trinajstić information content (AvgIpc) is 1.98. The Kier molecular flexibility index (Phi) is 4.27. The Hall–Kier alpha value is -1.19. The van der Waals surface area contributed by atoms with Crippen molar-refractivity contribution < 1.29 is 36.6 Å². The fourth-order valence-electron chi connectivity index (χ4n) is 0.599. The highest BCUT2D eigenvalue weighted by Gasteiger charge is 2.40. The summed E-state index contributed by atoms with van der Waals surface area (Å²) in [5.41, 5.74) is -4.10. The van der Waals surface area contributed by atoms with Crippen LogP contribution in [-0.2, 0) is 28.4 Å². The second-order valence-corrected chi connectivity index (χ2v) is 5.36. The summed E-state index contributed by atoms with van der Waals surface area (Å²) in [4.78, 5) is 21.3. The first-order chi connectivity index (χ1) is 7.30. The molecule has 0 aromatic carbocycles. The van der Waals surface area contributed by atoms with Crippen LogP contribution in [0.15, 0.2) is 0 Å². The van der Waals surface area contributed by atoms with Crippen LogP contribution in [0.2, 0.25) is 0 Å². The Balaban J connectivity index is 4.97. The van der Waals surface area contributed by atoms with E-state index >= 15 is 0 Å². The maximum absolute atomic E-state index is 11.3. The zero-order valence-electron chi connectivity index (χ0n) is 9.75. The smallest absolute Gasteiger partial charge is 0.402 e. The SMILES string of the molecule is CC(C)(OS(=O)(=O)OC(C)(C)C(=O)O)C(=O)O. The molecule has 0 heterocycles. The van der Waals surface area contributed by atoms with Crippen LogP contribution in [-0.4, -0.2) is 41.8 Å². The molecule has 0 saturated carbocycles. The summed E-state index contributed by atoms with van der Waals surface area (Å²) in [6.07, 6.45) is 0. The van der Waals surface area contributed by atoms with Gasteiger partial charge in [0.2, 0.25) is 0 Å². The molecular weight excluding hydrogens is 256 g/mol. The number of hydrogen-bond donors (Lipinski definition) is 2. The summed E-state index contributed by atoms with van der Waals surface area (Å²) in [5.74, 6) is -3.06. The van der Waals surface area contributed by atoms with E-state index in [9.17, 15) is 18.0 Å². The maximum atomic E-state index is 11.3. The molecule has 0 saturated heterocycles. The Morgan fingerprint density at radius 1 is 0.882 bits per heavy atom. The van der Waals surface area contributed by atoms with Gasteiger partial charge in [0, 0.05) is 0 Å². The number of hydrogen-bond acceptors (Lipinski definition) is 6. The number of aliphatic carboxylic acids is 2. The molecule has 17 heavy (non-hydrogen) atoms. The topological polar surface area (TPSA) is 127 Å². The van der Waals surface area contributed by atoms with E-state index in [-0.39, 0.29) is 0 Å². The molecule has 8 nitrogen and oxygen atoms in total. The minimum absolute atomic E-state index is 0.990. The van der Waals surface area contributed by atoms with Crippen molar-refractivity contribution >= 4 is 22.3 Å². The summed E-state index contributed by atoms with van der Waals surface area (Å²) in [5, 5.41) is 17.3. The van der Waals surface area contributed by atoms with Crippen molar-refractivity contribution in [2.24, 2.45) is 0 Å². The molecule has 0 fully saturated rings. The van der Waals surface area contributed by atoms with Gasteiger partial charge in [-0.2, -0.15) is 8.42 Å². The maximum Gasteiger partial charge on any atom is 0.402 e. The van der Waals surface area contributed by atoms with E-state index in [0.29, 0.717) is 0 Å². The number of carboxylic acids is 2. The lowest BCUT2D eigenvalue weighted by molar-refractivity contribution is -0.155. The molecule has 0 amide bonds. The third kappa shape index (κ3) is 4.67. The molecule has 0 atom stereocenters. The Morgan fingerprint density at radius 2 is 1.12 bits per heavy atom. The van der Waals surface area contributed by atoms with E-state index in [1.807, 2.05) is 0 Å². The molecule has 0 radical (unpaired) electrons. The van der Waals surface area contributed by atoms with Gasteiger partial charge in [-0.15, -0.1) is 0 Å². The van der Waals surface area contributed by atoms with E-state index in [1.54, 1.807) is 0 Å². The van der Waals surface area contributed by atoms with Crippen LogP contribution in [0.4, 0.5) is 0 Å². The first kappa shape index (κ1) is 15.8. The summed E-state index contributed by atoms with van der Waals surface area (Å²) in [7, 11) is -4.75. The highest BCUT2D eigenvalue weighted by atomic mass is 32.3. The van der Waals surface area contributed by atoms with Crippen LogP contribution in [0, 0.1) is 0 Å². The van der Waals surface area contributed by atoms with Gasteiger partial charge in [-0.25, -0.2) is 18.0 Å². The molecule has 0 aliphatic carbocycles. The quantitative estimate of drug-likeness (QED) is 0.689. The highest BCUT2D eigenvalue weighted by Crippen LogP contribution is 2.20. The van der Waals surface area contributed by atoms with Crippen molar-refractivity contribution in [2.45, 2.75) is 38.9 Å².